The summed E-state index contributed by atoms with van der Waals surface area (Å²) in [6.45, 7) is 1.83. The largest absolute Gasteiger partial charge is 0.453 e. The van der Waals surface area contributed by atoms with Crippen molar-refractivity contribution in [3.05, 3.63) is 0 Å². The summed E-state index contributed by atoms with van der Waals surface area (Å²) in [5, 5.41) is 0.194. The van der Waals surface area contributed by atoms with E-state index in [1.807, 2.05) is 6.92 Å². The van der Waals surface area contributed by atoms with Gasteiger partial charge in [0.25, 0.3) is 0 Å². The van der Waals surface area contributed by atoms with Gasteiger partial charge in [-0.1, -0.05) is 6.92 Å². The average molecular weight is 244 g/mol. The fourth-order valence-electron chi connectivity index (χ4n) is 0.741. The highest BCUT2D eigenvalue weighted by atomic mass is 35.5. The predicted molar refractivity (Wildman–Crippen MR) is 56.9 cm³/mol. The third kappa shape index (κ3) is 6.97. The molecule has 1 unspecified atom stereocenters. The number of carbonyl (C=O) groups is 2. The van der Waals surface area contributed by atoms with Gasteiger partial charge >= 0.3 is 6.09 Å². The van der Waals surface area contributed by atoms with Crippen molar-refractivity contribution in [2.75, 3.05) is 19.5 Å². The summed E-state index contributed by atoms with van der Waals surface area (Å²) in [6, 6.07) is -0.373. The molecule has 14 heavy (non-hydrogen) atoms. The van der Waals surface area contributed by atoms with Crippen LogP contribution in [0.1, 0.15) is 13.3 Å². The van der Waals surface area contributed by atoms with Crippen molar-refractivity contribution < 1.29 is 14.3 Å². The number of amides is 1. The number of hydrogen-bond acceptors (Lipinski definition) is 3. The Morgan fingerprint density at radius 2 is 2.00 bits per heavy atom. The van der Waals surface area contributed by atoms with Crippen LogP contribution in [-0.4, -0.2) is 42.8 Å². The molecule has 0 bridgehead atoms. The first-order valence-corrected chi connectivity index (χ1v) is 5.03. The Balaban J connectivity index is 0. The van der Waals surface area contributed by atoms with E-state index in [0.29, 0.717) is 6.42 Å². The van der Waals surface area contributed by atoms with Crippen molar-refractivity contribution in [1.82, 2.24) is 4.90 Å². The normalized spacial score (nSPS) is 10.6. The number of likely N-dealkylation sites (N-methyl/N-ethyl adjacent to an activating group) is 1. The van der Waals surface area contributed by atoms with Crippen LogP contribution in [-0.2, 0) is 9.53 Å². The Morgan fingerprint density at radius 1 is 1.57 bits per heavy atom. The third-order valence-corrected chi connectivity index (χ3v) is 1.54. The Kier molecular flexibility index (Phi) is 12.1. The number of nitrogens with zero attached hydrogens (tertiary/aromatic N) is 1. The lowest BCUT2D eigenvalue weighted by Crippen LogP contribution is -2.37. The molecule has 0 heterocycles. The van der Waals surface area contributed by atoms with Crippen molar-refractivity contribution in [3.63, 3.8) is 0 Å². The van der Waals surface area contributed by atoms with E-state index in [4.69, 9.17) is 23.2 Å². The van der Waals surface area contributed by atoms with E-state index in [1.54, 1.807) is 0 Å². The lowest BCUT2D eigenvalue weighted by Gasteiger charge is -2.20. The average Bonchev–Trinajstić information content (AvgIpc) is 2.19. The minimum absolute atomic E-state index is 0.194. The van der Waals surface area contributed by atoms with E-state index in [0.717, 1.165) is 6.29 Å². The van der Waals surface area contributed by atoms with Crippen LogP contribution in [0.2, 0.25) is 0 Å². The number of alkyl halides is 2. The Labute approximate surface area is 94.1 Å². The highest BCUT2D eigenvalue weighted by Gasteiger charge is 2.16. The molecule has 6 heteroatoms. The van der Waals surface area contributed by atoms with Crippen LogP contribution in [0.25, 0.3) is 0 Å². The molecule has 0 aromatic rings. The number of methoxy groups -OCH3 is 1. The maximum absolute atomic E-state index is 10.8. The second-order valence-corrected chi connectivity index (χ2v) is 3.10. The Hall–Kier alpha value is -0.480. The quantitative estimate of drug-likeness (QED) is 0.564. The monoisotopic (exact) mass is 243 g/mol. The Bertz CT molecular complexity index is 167. The molecule has 0 aliphatic rings. The molecule has 4 nitrogen and oxygen atoms in total. The number of hydrogen-bond donors (Lipinski definition) is 0. The highest BCUT2D eigenvalue weighted by molar-refractivity contribution is 6.40. The SMILES string of the molecule is CCC(C=O)N(C)C(=O)OC.ClCCl. The molecule has 0 aliphatic heterocycles. The van der Waals surface area contributed by atoms with Crippen LogP contribution in [0.4, 0.5) is 4.79 Å². The number of aldehydes is 1. The molecule has 84 valence electrons. The fraction of sp³-hybridized carbons (Fsp3) is 0.750. The van der Waals surface area contributed by atoms with Crippen LogP contribution in [0.5, 0.6) is 0 Å². The first kappa shape index (κ1) is 16.0. The topological polar surface area (TPSA) is 46.6 Å². The van der Waals surface area contributed by atoms with Crippen molar-refractivity contribution in [2.45, 2.75) is 19.4 Å². The summed E-state index contributed by atoms with van der Waals surface area (Å²) in [5.41, 5.74) is 0. The maximum Gasteiger partial charge on any atom is 0.409 e. The zero-order valence-electron chi connectivity index (χ0n) is 8.50. The predicted octanol–water partition coefficient (Wildman–Crippen LogP) is 2.08. The first-order chi connectivity index (χ1) is 6.58. The van der Waals surface area contributed by atoms with Crippen LogP contribution in [0.3, 0.4) is 0 Å². The molecule has 0 radical (unpaired) electrons. The zero-order chi connectivity index (χ0) is 11.6. The van der Waals surface area contributed by atoms with E-state index >= 15 is 0 Å². The van der Waals surface area contributed by atoms with Gasteiger partial charge in [0.1, 0.15) is 6.29 Å². The molecule has 0 aliphatic carbocycles. The standard InChI is InChI=1S/C7H13NO3.CH2Cl2/c1-4-6(5-9)8(2)7(10)11-3;2-1-3/h5-6H,4H2,1-3H3;1H2. The Morgan fingerprint density at radius 3 is 2.21 bits per heavy atom. The molecule has 0 aromatic carbocycles. The second-order valence-electron chi connectivity index (χ2n) is 2.29. The minimum atomic E-state index is -0.482. The van der Waals surface area contributed by atoms with Crippen LogP contribution >= 0.6 is 23.2 Å². The molecular formula is C8H15Cl2NO3. The number of halogens is 2. The van der Waals surface area contributed by atoms with E-state index in [1.165, 1.54) is 19.1 Å². The molecule has 0 spiro atoms. The maximum atomic E-state index is 10.8. The van der Waals surface area contributed by atoms with Crippen molar-refractivity contribution in [3.8, 4) is 0 Å². The molecular weight excluding hydrogens is 229 g/mol. The summed E-state index contributed by atoms with van der Waals surface area (Å²) in [5.74, 6) is 0. The summed E-state index contributed by atoms with van der Waals surface area (Å²) >= 11 is 9.53. The summed E-state index contributed by atoms with van der Waals surface area (Å²) in [7, 11) is 2.82. The molecule has 1 amide bonds. The lowest BCUT2D eigenvalue weighted by atomic mass is 10.2. The van der Waals surface area contributed by atoms with Gasteiger partial charge in [-0.15, -0.1) is 23.2 Å². The van der Waals surface area contributed by atoms with Gasteiger partial charge in [-0.3, -0.25) is 0 Å². The van der Waals surface area contributed by atoms with Crippen molar-refractivity contribution in [2.24, 2.45) is 0 Å². The molecule has 0 aromatic heterocycles. The molecule has 0 N–H and O–H groups in total. The lowest BCUT2D eigenvalue weighted by molar-refractivity contribution is -0.111. The van der Waals surface area contributed by atoms with Gasteiger partial charge in [-0.05, 0) is 6.42 Å². The van der Waals surface area contributed by atoms with Crippen LogP contribution in [0.15, 0.2) is 0 Å². The van der Waals surface area contributed by atoms with Gasteiger partial charge in [0.2, 0.25) is 0 Å². The van der Waals surface area contributed by atoms with Crippen molar-refractivity contribution >= 4 is 35.6 Å². The number of rotatable bonds is 3. The molecule has 0 rings (SSSR count). The second kappa shape index (κ2) is 10.6. The van der Waals surface area contributed by atoms with Gasteiger partial charge < -0.3 is 14.4 Å². The van der Waals surface area contributed by atoms with Gasteiger partial charge in [0.05, 0.1) is 18.5 Å². The molecule has 1 atom stereocenters. The number of carbonyl (C=O) groups excluding carboxylic acids is 2. The van der Waals surface area contributed by atoms with Gasteiger partial charge in [0.15, 0.2) is 0 Å². The zero-order valence-corrected chi connectivity index (χ0v) is 10.0. The number of ether oxygens (including phenoxy) is 1. The first-order valence-electron chi connectivity index (χ1n) is 3.96. The van der Waals surface area contributed by atoms with E-state index < -0.39 is 6.09 Å². The summed E-state index contributed by atoms with van der Waals surface area (Å²) in [4.78, 5) is 22.4. The fourth-order valence-corrected chi connectivity index (χ4v) is 0.741. The molecule has 0 saturated heterocycles. The van der Waals surface area contributed by atoms with E-state index in [2.05, 4.69) is 4.74 Å². The van der Waals surface area contributed by atoms with Crippen molar-refractivity contribution in [1.29, 1.82) is 0 Å². The molecule has 0 fully saturated rings. The van der Waals surface area contributed by atoms with Crippen LogP contribution in [0, 0.1) is 0 Å². The highest BCUT2D eigenvalue weighted by Crippen LogP contribution is 1.99. The van der Waals surface area contributed by atoms with E-state index in [9.17, 15) is 9.59 Å². The van der Waals surface area contributed by atoms with Gasteiger partial charge in [-0.2, -0.15) is 0 Å². The summed E-state index contributed by atoms with van der Waals surface area (Å²) in [6.07, 6.45) is 0.857. The third-order valence-electron chi connectivity index (χ3n) is 1.54. The van der Waals surface area contributed by atoms with Gasteiger partial charge in [0, 0.05) is 7.05 Å². The smallest absolute Gasteiger partial charge is 0.409 e. The molecule has 0 saturated carbocycles. The van der Waals surface area contributed by atoms with Crippen LogP contribution < -0.4 is 0 Å². The van der Waals surface area contributed by atoms with E-state index in [-0.39, 0.29) is 11.4 Å². The van der Waals surface area contributed by atoms with Gasteiger partial charge in [-0.25, -0.2) is 4.79 Å². The minimum Gasteiger partial charge on any atom is -0.453 e. The summed E-state index contributed by atoms with van der Waals surface area (Å²) < 4.78 is 4.42.